The zero-order valence-electron chi connectivity index (χ0n) is 9.51. The second-order valence-corrected chi connectivity index (χ2v) is 5.74. The van der Waals surface area contributed by atoms with Crippen molar-refractivity contribution in [1.82, 2.24) is 5.32 Å². The lowest BCUT2D eigenvalue weighted by atomic mass is 9.68. The summed E-state index contributed by atoms with van der Waals surface area (Å²) in [6.45, 7) is 4.52. The summed E-state index contributed by atoms with van der Waals surface area (Å²) in [6, 6.07) is 0. The van der Waals surface area contributed by atoms with Crippen LogP contribution in [0.2, 0.25) is 0 Å². The topological polar surface area (TPSA) is 46.2 Å². The first-order valence-electron chi connectivity index (χ1n) is 5.82. The molecule has 1 aliphatic carbocycles. The van der Waals surface area contributed by atoms with Crippen LogP contribution in [-0.2, 0) is 9.59 Å². The molecule has 15 heavy (non-hydrogen) atoms. The fourth-order valence-electron chi connectivity index (χ4n) is 3.05. The second-order valence-electron chi connectivity index (χ2n) is 5.74. The Morgan fingerprint density at radius 2 is 2.07 bits per heavy atom. The number of hydrogen-bond donors (Lipinski definition) is 1. The van der Waals surface area contributed by atoms with Crippen molar-refractivity contribution in [3.63, 3.8) is 0 Å². The van der Waals surface area contributed by atoms with Gasteiger partial charge >= 0.3 is 0 Å². The van der Waals surface area contributed by atoms with Crippen LogP contribution < -0.4 is 5.32 Å². The Hall–Kier alpha value is -0.860. The summed E-state index contributed by atoms with van der Waals surface area (Å²) in [6.07, 6.45) is 5.04. The van der Waals surface area contributed by atoms with Gasteiger partial charge in [-0.1, -0.05) is 20.3 Å². The maximum absolute atomic E-state index is 11.6. The lowest BCUT2D eigenvalue weighted by Crippen LogP contribution is -2.31. The molecule has 0 bridgehead atoms. The first kappa shape index (κ1) is 10.7. The smallest absolute Gasteiger partial charge is 0.230 e. The van der Waals surface area contributed by atoms with E-state index in [4.69, 9.17) is 0 Å². The summed E-state index contributed by atoms with van der Waals surface area (Å²) in [5, 5.41) is 2.41. The van der Waals surface area contributed by atoms with Crippen molar-refractivity contribution in [3.8, 4) is 0 Å². The normalized spacial score (nSPS) is 35.3. The predicted octanol–water partition coefficient (Wildman–Crippen LogP) is 1.87. The maximum atomic E-state index is 11.6. The zero-order valence-corrected chi connectivity index (χ0v) is 9.51. The maximum Gasteiger partial charge on any atom is 0.230 e. The van der Waals surface area contributed by atoms with Crippen LogP contribution in [0.3, 0.4) is 0 Å². The molecule has 0 aromatic heterocycles. The zero-order chi connectivity index (χ0) is 11.1. The first-order valence-corrected chi connectivity index (χ1v) is 5.82. The lowest BCUT2D eigenvalue weighted by molar-refractivity contribution is -0.126. The van der Waals surface area contributed by atoms with Crippen molar-refractivity contribution in [2.24, 2.45) is 17.3 Å². The third-order valence-electron chi connectivity index (χ3n) is 3.82. The van der Waals surface area contributed by atoms with Gasteiger partial charge in [0, 0.05) is 12.3 Å². The molecule has 0 spiro atoms. The van der Waals surface area contributed by atoms with E-state index in [9.17, 15) is 9.59 Å². The number of nitrogens with one attached hydrogen (secondary N) is 1. The van der Waals surface area contributed by atoms with E-state index in [-0.39, 0.29) is 17.7 Å². The van der Waals surface area contributed by atoms with Crippen molar-refractivity contribution in [3.05, 3.63) is 0 Å². The minimum Gasteiger partial charge on any atom is -0.296 e. The molecule has 1 aliphatic heterocycles. The Balaban J connectivity index is 2.04. The highest BCUT2D eigenvalue weighted by Gasteiger charge is 2.40. The van der Waals surface area contributed by atoms with Crippen molar-refractivity contribution < 1.29 is 9.59 Å². The van der Waals surface area contributed by atoms with Gasteiger partial charge in [0.05, 0.1) is 0 Å². The highest BCUT2D eigenvalue weighted by atomic mass is 16.2. The summed E-state index contributed by atoms with van der Waals surface area (Å²) in [5.41, 5.74) is 0.342. The fourth-order valence-corrected chi connectivity index (χ4v) is 3.05. The van der Waals surface area contributed by atoms with Gasteiger partial charge in [0.25, 0.3) is 0 Å². The number of carbonyl (C=O) groups is 2. The SMILES string of the molecule is CC1(C)CCCC(C2CC(=O)NC2=O)C1. The minimum absolute atomic E-state index is 0.0392. The van der Waals surface area contributed by atoms with Gasteiger partial charge in [0.2, 0.25) is 11.8 Å². The number of amides is 2. The highest BCUT2D eigenvalue weighted by molar-refractivity contribution is 6.03. The van der Waals surface area contributed by atoms with Crippen LogP contribution in [0.15, 0.2) is 0 Å². The summed E-state index contributed by atoms with van der Waals surface area (Å²) in [7, 11) is 0. The summed E-state index contributed by atoms with van der Waals surface area (Å²) < 4.78 is 0. The Bertz CT molecular complexity index is 296. The fraction of sp³-hybridized carbons (Fsp3) is 0.833. The second kappa shape index (κ2) is 3.62. The minimum atomic E-state index is -0.0895. The lowest BCUT2D eigenvalue weighted by Gasteiger charge is -2.37. The van der Waals surface area contributed by atoms with E-state index in [2.05, 4.69) is 19.2 Å². The largest absolute Gasteiger partial charge is 0.296 e. The number of carbonyl (C=O) groups excluding carboxylic acids is 2. The molecule has 0 radical (unpaired) electrons. The number of imide groups is 1. The molecule has 0 aromatic rings. The third-order valence-corrected chi connectivity index (χ3v) is 3.82. The number of hydrogen-bond acceptors (Lipinski definition) is 2. The van der Waals surface area contributed by atoms with Crippen LogP contribution in [0, 0.1) is 17.3 Å². The van der Waals surface area contributed by atoms with Crippen LogP contribution in [0.25, 0.3) is 0 Å². The molecule has 1 heterocycles. The summed E-state index contributed by atoms with van der Waals surface area (Å²) in [5.74, 6) is 0.244. The molecule has 3 heteroatoms. The van der Waals surface area contributed by atoms with E-state index in [1.165, 1.54) is 12.8 Å². The van der Waals surface area contributed by atoms with E-state index < -0.39 is 0 Å². The molecule has 3 nitrogen and oxygen atoms in total. The van der Waals surface area contributed by atoms with Crippen molar-refractivity contribution in [2.45, 2.75) is 46.0 Å². The van der Waals surface area contributed by atoms with Gasteiger partial charge in [0.1, 0.15) is 0 Å². The van der Waals surface area contributed by atoms with Gasteiger partial charge in [-0.25, -0.2) is 0 Å². The van der Waals surface area contributed by atoms with Gasteiger partial charge in [-0.2, -0.15) is 0 Å². The molecular weight excluding hydrogens is 190 g/mol. The molecule has 1 saturated carbocycles. The predicted molar refractivity (Wildman–Crippen MR) is 57.0 cm³/mol. The molecule has 0 aromatic carbocycles. The molecule has 1 N–H and O–H groups in total. The molecule has 2 amide bonds. The Labute approximate surface area is 90.6 Å². The van der Waals surface area contributed by atoms with E-state index in [1.54, 1.807) is 0 Å². The average Bonchev–Trinajstić information content (AvgIpc) is 2.43. The van der Waals surface area contributed by atoms with Crippen LogP contribution in [-0.4, -0.2) is 11.8 Å². The van der Waals surface area contributed by atoms with E-state index in [1.807, 2.05) is 0 Å². The highest BCUT2D eigenvalue weighted by Crippen LogP contribution is 2.43. The standard InChI is InChI=1S/C12H19NO2/c1-12(2)5-3-4-8(7-12)9-6-10(14)13-11(9)15/h8-9H,3-7H2,1-2H3,(H,13,14,15). The Morgan fingerprint density at radius 1 is 1.33 bits per heavy atom. The van der Waals surface area contributed by atoms with E-state index in [0.29, 0.717) is 17.8 Å². The molecule has 2 fully saturated rings. The van der Waals surface area contributed by atoms with Gasteiger partial charge in [-0.15, -0.1) is 0 Å². The van der Waals surface area contributed by atoms with Crippen LogP contribution in [0.5, 0.6) is 0 Å². The van der Waals surface area contributed by atoms with Crippen molar-refractivity contribution in [2.75, 3.05) is 0 Å². The molecule has 2 atom stereocenters. The van der Waals surface area contributed by atoms with Gasteiger partial charge < -0.3 is 0 Å². The third kappa shape index (κ3) is 2.21. The molecular formula is C12H19NO2. The van der Waals surface area contributed by atoms with Crippen LogP contribution >= 0.6 is 0 Å². The first-order chi connectivity index (χ1) is 6.98. The van der Waals surface area contributed by atoms with E-state index in [0.717, 1.165) is 12.8 Å². The summed E-state index contributed by atoms with van der Waals surface area (Å²) in [4.78, 5) is 22.7. The molecule has 2 unspecified atom stereocenters. The molecule has 84 valence electrons. The van der Waals surface area contributed by atoms with Crippen LogP contribution in [0.1, 0.15) is 46.0 Å². The molecule has 2 aliphatic rings. The quantitative estimate of drug-likeness (QED) is 0.670. The number of rotatable bonds is 1. The average molecular weight is 209 g/mol. The van der Waals surface area contributed by atoms with Crippen molar-refractivity contribution in [1.29, 1.82) is 0 Å². The van der Waals surface area contributed by atoms with Gasteiger partial charge in [-0.05, 0) is 30.6 Å². The monoisotopic (exact) mass is 209 g/mol. The van der Waals surface area contributed by atoms with Gasteiger partial charge in [0.15, 0.2) is 0 Å². The summed E-state index contributed by atoms with van der Waals surface area (Å²) >= 11 is 0. The Morgan fingerprint density at radius 3 is 2.60 bits per heavy atom. The molecule has 1 saturated heterocycles. The van der Waals surface area contributed by atoms with Gasteiger partial charge in [-0.3, -0.25) is 14.9 Å². The Kier molecular flexibility index (Phi) is 2.57. The molecule has 2 rings (SSSR count). The van der Waals surface area contributed by atoms with E-state index >= 15 is 0 Å². The van der Waals surface area contributed by atoms with Crippen LogP contribution in [0.4, 0.5) is 0 Å². The van der Waals surface area contributed by atoms with Crippen molar-refractivity contribution >= 4 is 11.8 Å².